The molecule has 0 aliphatic carbocycles. The number of nitrogens with one attached hydrogen (secondary N) is 1. The lowest BCUT2D eigenvalue weighted by Crippen LogP contribution is -2.50. The fourth-order valence-corrected chi connectivity index (χ4v) is 4.37. The summed E-state index contributed by atoms with van der Waals surface area (Å²) < 4.78 is 6.22. The molecule has 30 heavy (non-hydrogen) atoms. The van der Waals surface area contributed by atoms with Gasteiger partial charge in [0, 0.05) is 30.9 Å². The van der Waals surface area contributed by atoms with Crippen LogP contribution >= 0.6 is 0 Å². The first-order chi connectivity index (χ1) is 14.7. The first kappa shape index (κ1) is 18.8. The number of carbonyl (C=O) groups excluding carboxylic acids is 1. The minimum Gasteiger partial charge on any atom is -0.487 e. The number of likely N-dealkylation sites (N-methyl/N-ethyl adjacent to an activating group) is 1. The predicted molar refractivity (Wildman–Crippen MR) is 114 cm³/mol. The Morgan fingerprint density at radius 1 is 1.10 bits per heavy atom. The van der Waals surface area contributed by atoms with Crippen LogP contribution < -0.4 is 10.1 Å². The molecule has 2 atom stereocenters. The molecule has 0 unspecified atom stereocenters. The number of carbonyl (C=O) groups is 1. The number of nitrogens with zero attached hydrogens (tertiary/aromatic N) is 3. The molecular weight excluding hydrogens is 376 g/mol. The first-order valence-corrected chi connectivity index (χ1v) is 10.3. The first-order valence-electron chi connectivity index (χ1n) is 10.3. The highest BCUT2D eigenvalue weighted by molar-refractivity contribution is 5.82. The summed E-state index contributed by atoms with van der Waals surface area (Å²) in [5, 5.41) is 3.12. The predicted octanol–water partition coefficient (Wildman–Crippen LogP) is 2.62. The summed E-state index contributed by atoms with van der Waals surface area (Å²) in [5.41, 5.74) is 5.43. The van der Waals surface area contributed by atoms with Crippen molar-refractivity contribution in [3.63, 3.8) is 0 Å². The molecular formula is C24H24N4O2. The fraction of sp³-hybridized carbons (Fsp3) is 0.292. The Morgan fingerprint density at radius 2 is 1.93 bits per heavy atom. The molecule has 2 aliphatic rings. The molecule has 0 saturated carbocycles. The van der Waals surface area contributed by atoms with Gasteiger partial charge in [-0.2, -0.15) is 0 Å². The average Bonchev–Trinajstić information content (AvgIpc) is 3.21. The van der Waals surface area contributed by atoms with Gasteiger partial charge in [-0.1, -0.05) is 36.4 Å². The maximum atomic E-state index is 12.9. The van der Waals surface area contributed by atoms with Crippen molar-refractivity contribution in [3.05, 3.63) is 77.7 Å². The molecule has 5 rings (SSSR count). The highest BCUT2D eigenvalue weighted by Gasteiger charge is 2.31. The summed E-state index contributed by atoms with van der Waals surface area (Å²) in [4.78, 5) is 23.6. The zero-order chi connectivity index (χ0) is 20.5. The van der Waals surface area contributed by atoms with Crippen molar-refractivity contribution in [2.45, 2.75) is 31.5 Å². The van der Waals surface area contributed by atoms with Crippen LogP contribution in [-0.2, 0) is 24.2 Å². The van der Waals surface area contributed by atoms with Gasteiger partial charge in [-0.3, -0.25) is 19.7 Å². The highest BCUT2D eigenvalue weighted by atomic mass is 16.5. The quantitative estimate of drug-likeness (QED) is 0.729. The Labute approximate surface area is 175 Å². The maximum Gasteiger partial charge on any atom is 0.237 e. The average molecular weight is 400 g/mol. The molecule has 1 aromatic heterocycles. The van der Waals surface area contributed by atoms with E-state index < -0.39 is 0 Å². The van der Waals surface area contributed by atoms with Gasteiger partial charge < -0.3 is 10.1 Å². The van der Waals surface area contributed by atoms with E-state index in [9.17, 15) is 4.79 Å². The number of aromatic nitrogens is 2. The van der Waals surface area contributed by atoms with Crippen molar-refractivity contribution >= 4 is 5.91 Å². The molecule has 0 fully saturated rings. The van der Waals surface area contributed by atoms with Crippen LogP contribution in [0.5, 0.6) is 5.75 Å². The second-order valence-electron chi connectivity index (χ2n) is 7.98. The van der Waals surface area contributed by atoms with Crippen LogP contribution in [0.25, 0.3) is 11.3 Å². The summed E-state index contributed by atoms with van der Waals surface area (Å²) in [6, 6.07) is 14.3. The molecule has 0 saturated heterocycles. The third kappa shape index (κ3) is 3.55. The van der Waals surface area contributed by atoms with Crippen LogP contribution in [0.1, 0.15) is 16.7 Å². The molecule has 0 spiro atoms. The standard InChI is InChI=1S/C24H24N4O2/c1-28-15-18-6-3-2-5-16(18)12-22(28)24(29)27-13-19-11-17-7-4-8-20(23(17)30-19)21-14-25-9-10-26-21/h2-10,14,19,22H,11-13,15H2,1H3,(H,27,29)/t19-,22-/m1/s1. The molecule has 3 aromatic rings. The van der Waals surface area contributed by atoms with Gasteiger partial charge in [0.2, 0.25) is 5.91 Å². The molecule has 152 valence electrons. The Balaban J connectivity index is 1.24. The lowest BCUT2D eigenvalue weighted by Gasteiger charge is -2.33. The van der Waals surface area contributed by atoms with Crippen LogP contribution in [-0.4, -0.2) is 46.5 Å². The number of hydrogen-bond donors (Lipinski definition) is 1. The number of hydrogen-bond acceptors (Lipinski definition) is 5. The van der Waals surface area contributed by atoms with Gasteiger partial charge in [0.1, 0.15) is 11.9 Å². The molecule has 3 heterocycles. The number of para-hydroxylation sites is 1. The summed E-state index contributed by atoms with van der Waals surface area (Å²) >= 11 is 0. The van der Waals surface area contributed by atoms with E-state index in [2.05, 4.69) is 44.5 Å². The van der Waals surface area contributed by atoms with Crippen molar-refractivity contribution in [2.75, 3.05) is 13.6 Å². The van der Waals surface area contributed by atoms with Crippen molar-refractivity contribution in [2.24, 2.45) is 0 Å². The normalized spacial score (nSPS) is 20.2. The van der Waals surface area contributed by atoms with E-state index in [4.69, 9.17) is 4.74 Å². The van der Waals surface area contributed by atoms with Gasteiger partial charge in [0.05, 0.1) is 24.5 Å². The molecule has 2 aliphatic heterocycles. The van der Waals surface area contributed by atoms with Crippen molar-refractivity contribution in [1.82, 2.24) is 20.2 Å². The van der Waals surface area contributed by atoms with E-state index in [1.54, 1.807) is 18.6 Å². The maximum absolute atomic E-state index is 12.9. The topological polar surface area (TPSA) is 67.4 Å². The van der Waals surface area contributed by atoms with Gasteiger partial charge in [-0.15, -0.1) is 0 Å². The van der Waals surface area contributed by atoms with Crippen molar-refractivity contribution < 1.29 is 9.53 Å². The minimum absolute atomic E-state index is 0.0562. The van der Waals surface area contributed by atoms with Crippen LogP contribution in [0.15, 0.2) is 61.1 Å². The zero-order valence-corrected chi connectivity index (χ0v) is 16.9. The lowest BCUT2D eigenvalue weighted by molar-refractivity contribution is -0.126. The second-order valence-corrected chi connectivity index (χ2v) is 7.98. The minimum atomic E-state index is -0.154. The summed E-state index contributed by atoms with van der Waals surface area (Å²) in [6.07, 6.45) is 6.51. The number of ether oxygens (including phenoxy) is 1. The molecule has 2 aromatic carbocycles. The number of rotatable bonds is 4. The van der Waals surface area contributed by atoms with Crippen molar-refractivity contribution in [3.8, 4) is 17.0 Å². The fourth-order valence-electron chi connectivity index (χ4n) is 4.37. The molecule has 0 radical (unpaired) electrons. The van der Waals surface area contributed by atoms with E-state index >= 15 is 0 Å². The Hall–Kier alpha value is -3.25. The summed E-state index contributed by atoms with van der Waals surface area (Å²) in [5.74, 6) is 0.904. The van der Waals surface area contributed by atoms with E-state index in [0.717, 1.165) is 42.0 Å². The van der Waals surface area contributed by atoms with Gasteiger partial charge in [0.25, 0.3) is 0 Å². The largest absolute Gasteiger partial charge is 0.487 e. The van der Waals surface area contributed by atoms with Crippen LogP contribution in [0, 0.1) is 0 Å². The molecule has 6 nitrogen and oxygen atoms in total. The van der Waals surface area contributed by atoms with Gasteiger partial charge >= 0.3 is 0 Å². The monoisotopic (exact) mass is 400 g/mol. The van der Waals surface area contributed by atoms with Crippen LogP contribution in [0.4, 0.5) is 0 Å². The Kier molecular flexibility index (Phi) is 4.93. The Morgan fingerprint density at radius 3 is 2.77 bits per heavy atom. The van der Waals surface area contributed by atoms with Gasteiger partial charge in [0.15, 0.2) is 0 Å². The number of benzene rings is 2. The van der Waals surface area contributed by atoms with Gasteiger partial charge in [-0.05, 0) is 36.2 Å². The molecule has 1 amide bonds. The third-order valence-electron chi connectivity index (χ3n) is 5.96. The van der Waals surface area contributed by atoms with E-state index in [1.807, 2.05) is 25.2 Å². The van der Waals surface area contributed by atoms with E-state index in [1.165, 1.54) is 11.1 Å². The Bertz CT molecular complexity index is 1070. The van der Waals surface area contributed by atoms with Crippen molar-refractivity contribution in [1.29, 1.82) is 0 Å². The molecule has 0 bridgehead atoms. The second kappa shape index (κ2) is 7.88. The smallest absolute Gasteiger partial charge is 0.237 e. The molecule has 1 N–H and O–H groups in total. The highest BCUT2D eigenvalue weighted by Crippen LogP contribution is 2.37. The van der Waals surface area contributed by atoms with E-state index in [0.29, 0.717) is 6.54 Å². The van der Waals surface area contributed by atoms with Gasteiger partial charge in [-0.25, -0.2) is 0 Å². The number of fused-ring (bicyclic) bond motifs is 2. The summed E-state index contributed by atoms with van der Waals surface area (Å²) in [7, 11) is 2.01. The van der Waals surface area contributed by atoms with Crippen LogP contribution in [0.3, 0.4) is 0 Å². The SMILES string of the molecule is CN1Cc2ccccc2C[C@@H]1C(=O)NC[C@H]1Cc2cccc(-c3cnccn3)c2O1. The molecule has 6 heteroatoms. The van der Waals surface area contributed by atoms with Crippen LogP contribution in [0.2, 0.25) is 0 Å². The lowest BCUT2D eigenvalue weighted by atomic mass is 9.94. The summed E-state index contributed by atoms with van der Waals surface area (Å²) in [6.45, 7) is 1.28. The van der Waals surface area contributed by atoms with E-state index in [-0.39, 0.29) is 18.1 Å². The zero-order valence-electron chi connectivity index (χ0n) is 16.9. The number of amides is 1. The third-order valence-corrected chi connectivity index (χ3v) is 5.96.